The van der Waals surface area contributed by atoms with Crippen molar-refractivity contribution in [1.29, 1.82) is 0 Å². The number of halogens is 2. The summed E-state index contributed by atoms with van der Waals surface area (Å²) >= 11 is 0. The molecule has 0 bridgehead atoms. The topological polar surface area (TPSA) is 0 Å². The quantitative estimate of drug-likeness (QED) is 0.677. The fraction of sp³-hybridized carbons (Fsp3) is 0.500. The highest BCUT2D eigenvalue weighted by Crippen LogP contribution is 2.71. The maximum Gasteiger partial charge on any atom is 0.129 e. The lowest BCUT2D eigenvalue weighted by atomic mass is 10.1. The Morgan fingerprint density at radius 3 is 2.64 bits per heavy atom. The van der Waals surface area contributed by atoms with Crippen molar-refractivity contribution in [3.8, 4) is 0 Å². The fourth-order valence-electron chi connectivity index (χ4n) is 2.45. The van der Waals surface area contributed by atoms with Crippen molar-refractivity contribution in [3.63, 3.8) is 0 Å². The zero-order chi connectivity index (χ0) is 9.76. The van der Waals surface area contributed by atoms with Crippen LogP contribution in [0.5, 0.6) is 0 Å². The summed E-state index contributed by atoms with van der Waals surface area (Å²) in [6.07, 6.45) is 4.69. The van der Waals surface area contributed by atoms with E-state index in [2.05, 4.69) is 0 Å². The second-order valence-electron chi connectivity index (χ2n) is 4.70. The summed E-state index contributed by atoms with van der Waals surface area (Å²) in [5.74, 6) is -0.196. The van der Waals surface area contributed by atoms with Crippen LogP contribution in [0.2, 0.25) is 0 Å². The molecule has 1 unspecified atom stereocenters. The van der Waals surface area contributed by atoms with Gasteiger partial charge < -0.3 is 0 Å². The molecule has 74 valence electrons. The van der Waals surface area contributed by atoms with Crippen LogP contribution in [0.1, 0.15) is 24.8 Å². The van der Waals surface area contributed by atoms with Crippen LogP contribution in [0.3, 0.4) is 0 Å². The number of rotatable bonds is 2. The summed E-state index contributed by atoms with van der Waals surface area (Å²) < 4.78 is 25.9. The predicted octanol–water partition coefficient (Wildman–Crippen LogP) is 3.31. The molecule has 2 aliphatic rings. The van der Waals surface area contributed by atoms with Crippen molar-refractivity contribution in [2.24, 2.45) is 11.3 Å². The predicted molar refractivity (Wildman–Crippen MR) is 49.8 cm³/mol. The lowest BCUT2D eigenvalue weighted by Gasteiger charge is -2.01. The van der Waals surface area contributed by atoms with E-state index in [1.165, 1.54) is 25.3 Å². The molecule has 0 heterocycles. The monoisotopic (exact) mass is 194 g/mol. The summed E-state index contributed by atoms with van der Waals surface area (Å²) in [6, 6.07) is 3.91. The highest BCUT2D eigenvalue weighted by atomic mass is 19.1. The molecule has 2 fully saturated rings. The Morgan fingerprint density at radius 1 is 1.29 bits per heavy atom. The zero-order valence-corrected chi connectivity index (χ0v) is 7.89. The molecule has 0 amide bonds. The average Bonchev–Trinajstić information content (AvgIpc) is 3.01. The average molecular weight is 194 g/mol. The van der Waals surface area contributed by atoms with Crippen LogP contribution in [0.4, 0.5) is 8.78 Å². The van der Waals surface area contributed by atoms with Crippen LogP contribution in [0, 0.1) is 23.0 Å². The SMILES string of the molecule is Fc1ccc(CC2CC23CC3)c(F)c1. The molecule has 1 spiro atoms. The first-order valence-corrected chi connectivity index (χ1v) is 5.14. The van der Waals surface area contributed by atoms with Crippen LogP contribution < -0.4 is 0 Å². The molecule has 1 atom stereocenters. The molecule has 0 aliphatic heterocycles. The Morgan fingerprint density at radius 2 is 2.07 bits per heavy atom. The van der Waals surface area contributed by atoms with Gasteiger partial charge in [-0.1, -0.05) is 6.07 Å². The molecule has 14 heavy (non-hydrogen) atoms. The van der Waals surface area contributed by atoms with Gasteiger partial charge in [-0.15, -0.1) is 0 Å². The minimum atomic E-state index is -0.483. The van der Waals surface area contributed by atoms with Gasteiger partial charge in [0.1, 0.15) is 11.6 Å². The largest absolute Gasteiger partial charge is 0.207 e. The molecular formula is C12H12F2. The van der Waals surface area contributed by atoms with Crippen molar-refractivity contribution < 1.29 is 8.78 Å². The van der Waals surface area contributed by atoms with Gasteiger partial charge in [0.05, 0.1) is 0 Å². The van der Waals surface area contributed by atoms with Crippen molar-refractivity contribution in [3.05, 3.63) is 35.4 Å². The van der Waals surface area contributed by atoms with Crippen molar-refractivity contribution in [1.82, 2.24) is 0 Å². The lowest BCUT2D eigenvalue weighted by Crippen LogP contribution is -1.95. The maximum absolute atomic E-state index is 13.3. The molecule has 0 saturated heterocycles. The number of benzene rings is 1. The second-order valence-corrected chi connectivity index (χ2v) is 4.70. The van der Waals surface area contributed by atoms with Gasteiger partial charge in [0.25, 0.3) is 0 Å². The molecule has 2 heteroatoms. The molecular weight excluding hydrogens is 182 g/mol. The van der Waals surface area contributed by atoms with Gasteiger partial charge in [0, 0.05) is 6.07 Å². The molecule has 2 aliphatic carbocycles. The lowest BCUT2D eigenvalue weighted by molar-refractivity contribution is 0.563. The van der Waals surface area contributed by atoms with E-state index in [4.69, 9.17) is 0 Å². The van der Waals surface area contributed by atoms with Crippen molar-refractivity contribution in [2.45, 2.75) is 25.7 Å². The highest BCUT2D eigenvalue weighted by Gasteiger charge is 2.61. The van der Waals surface area contributed by atoms with Gasteiger partial charge in [0.15, 0.2) is 0 Å². The number of hydrogen-bond acceptors (Lipinski definition) is 0. The second kappa shape index (κ2) is 2.56. The molecule has 1 aromatic carbocycles. The summed E-state index contributed by atoms with van der Waals surface area (Å²) in [5, 5.41) is 0. The number of hydrogen-bond donors (Lipinski definition) is 0. The molecule has 2 saturated carbocycles. The third-order valence-corrected chi connectivity index (χ3v) is 3.73. The van der Waals surface area contributed by atoms with Gasteiger partial charge in [-0.3, -0.25) is 0 Å². The Labute approximate surface area is 81.9 Å². The fourth-order valence-corrected chi connectivity index (χ4v) is 2.45. The van der Waals surface area contributed by atoms with Crippen LogP contribution >= 0.6 is 0 Å². The van der Waals surface area contributed by atoms with E-state index in [0.717, 1.165) is 12.5 Å². The minimum absolute atomic E-state index is 0.382. The van der Waals surface area contributed by atoms with Gasteiger partial charge in [-0.05, 0) is 48.6 Å². The Balaban J connectivity index is 1.77. The van der Waals surface area contributed by atoms with Crippen LogP contribution in [-0.2, 0) is 6.42 Å². The van der Waals surface area contributed by atoms with E-state index in [-0.39, 0.29) is 5.82 Å². The normalized spacial score (nSPS) is 26.6. The molecule has 0 nitrogen and oxygen atoms in total. The van der Waals surface area contributed by atoms with E-state index >= 15 is 0 Å². The smallest absolute Gasteiger partial charge is 0.129 e. The van der Waals surface area contributed by atoms with Gasteiger partial charge in [0.2, 0.25) is 0 Å². The van der Waals surface area contributed by atoms with Gasteiger partial charge in [-0.25, -0.2) is 8.78 Å². The summed E-state index contributed by atoms with van der Waals surface area (Å²) in [5.41, 5.74) is 1.28. The first kappa shape index (κ1) is 8.39. The zero-order valence-electron chi connectivity index (χ0n) is 7.89. The molecule has 3 rings (SSSR count). The Hall–Kier alpha value is -0.920. The summed E-state index contributed by atoms with van der Waals surface area (Å²) in [6.45, 7) is 0. The van der Waals surface area contributed by atoms with E-state index in [1.54, 1.807) is 6.07 Å². The molecule has 0 N–H and O–H groups in total. The third-order valence-electron chi connectivity index (χ3n) is 3.73. The van der Waals surface area contributed by atoms with E-state index in [1.807, 2.05) is 0 Å². The van der Waals surface area contributed by atoms with E-state index in [0.29, 0.717) is 16.9 Å². The standard InChI is InChI=1S/C12H12F2/c13-10-2-1-8(11(14)6-10)5-9-7-12(9)3-4-12/h1-2,6,9H,3-5,7H2. The van der Waals surface area contributed by atoms with Crippen LogP contribution in [-0.4, -0.2) is 0 Å². The Kier molecular flexibility index (Phi) is 1.53. The van der Waals surface area contributed by atoms with Crippen LogP contribution in [0.15, 0.2) is 18.2 Å². The molecule has 0 radical (unpaired) electrons. The summed E-state index contributed by atoms with van der Waals surface area (Å²) in [7, 11) is 0. The molecule has 1 aromatic rings. The molecule has 0 aromatic heterocycles. The van der Waals surface area contributed by atoms with E-state index in [9.17, 15) is 8.78 Å². The summed E-state index contributed by atoms with van der Waals surface area (Å²) in [4.78, 5) is 0. The Bertz CT molecular complexity index is 380. The van der Waals surface area contributed by atoms with Crippen LogP contribution in [0.25, 0.3) is 0 Å². The first-order valence-electron chi connectivity index (χ1n) is 5.14. The third kappa shape index (κ3) is 1.24. The van der Waals surface area contributed by atoms with Crippen molar-refractivity contribution >= 4 is 0 Å². The first-order chi connectivity index (χ1) is 6.70. The van der Waals surface area contributed by atoms with Gasteiger partial charge >= 0.3 is 0 Å². The minimum Gasteiger partial charge on any atom is -0.207 e. The van der Waals surface area contributed by atoms with Crippen molar-refractivity contribution in [2.75, 3.05) is 0 Å². The van der Waals surface area contributed by atoms with Gasteiger partial charge in [-0.2, -0.15) is 0 Å². The van der Waals surface area contributed by atoms with E-state index < -0.39 is 5.82 Å². The maximum atomic E-state index is 13.3. The highest BCUT2D eigenvalue weighted by molar-refractivity contribution is 5.23.